The number of hydrogen-bond donors (Lipinski definition) is 2. The van der Waals surface area contributed by atoms with E-state index < -0.39 is 0 Å². The molecule has 2 aromatic heterocycles. The van der Waals surface area contributed by atoms with Gasteiger partial charge in [0.2, 0.25) is 0 Å². The van der Waals surface area contributed by atoms with Crippen molar-refractivity contribution in [3.8, 4) is 11.3 Å². The fraction of sp³-hybridized carbons (Fsp3) is 0.125. The van der Waals surface area contributed by atoms with Crippen molar-refractivity contribution in [2.24, 2.45) is 0 Å². The van der Waals surface area contributed by atoms with Gasteiger partial charge in [-0.25, -0.2) is 4.39 Å². The molecule has 0 radical (unpaired) electrons. The van der Waals surface area contributed by atoms with Crippen LogP contribution in [0.4, 0.5) is 4.39 Å². The highest BCUT2D eigenvalue weighted by molar-refractivity contribution is 5.62. The van der Waals surface area contributed by atoms with E-state index in [1.165, 1.54) is 12.1 Å². The molecule has 0 aliphatic rings. The molecule has 5 heteroatoms. The summed E-state index contributed by atoms with van der Waals surface area (Å²) in [6, 6.07) is 12.2. The molecule has 1 aromatic carbocycles. The molecule has 21 heavy (non-hydrogen) atoms. The Hall–Kier alpha value is -2.53. The lowest BCUT2D eigenvalue weighted by Gasteiger charge is -2.05. The van der Waals surface area contributed by atoms with Gasteiger partial charge < -0.3 is 5.32 Å². The first kappa shape index (κ1) is 13.5. The van der Waals surface area contributed by atoms with Crippen LogP contribution >= 0.6 is 0 Å². The maximum atomic E-state index is 13.0. The maximum Gasteiger partial charge on any atom is 0.123 e. The van der Waals surface area contributed by atoms with Crippen molar-refractivity contribution in [3.05, 3.63) is 71.9 Å². The zero-order valence-corrected chi connectivity index (χ0v) is 11.4. The van der Waals surface area contributed by atoms with Gasteiger partial charge in [-0.15, -0.1) is 0 Å². The molecule has 0 saturated carbocycles. The number of benzene rings is 1. The average molecular weight is 282 g/mol. The standard InChI is InChI=1S/C16H15FN4/c17-14-6-4-12(5-7-14)16-13(10-20-21-16)9-18-11-15-3-1-2-8-19-15/h1-8,10,18H,9,11H2,(H,20,21). The fourth-order valence-corrected chi connectivity index (χ4v) is 2.14. The van der Waals surface area contributed by atoms with Gasteiger partial charge in [-0.1, -0.05) is 6.07 Å². The van der Waals surface area contributed by atoms with Crippen molar-refractivity contribution >= 4 is 0 Å². The second kappa shape index (κ2) is 6.28. The number of H-pyrrole nitrogens is 1. The third kappa shape index (κ3) is 3.32. The highest BCUT2D eigenvalue weighted by Gasteiger charge is 2.07. The second-order valence-electron chi connectivity index (χ2n) is 4.70. The Kier molecular flexibility index (Phi) is 4.02. The predicted octanol–water partition coefficient (Wildman–Crippen LogP) is 2.90. The van der Waals surface area contributed by atoms with Gasteiger partial charge in [0.25, 0.3) is 0 Å². The summed E-state index contributed by atoms with van der Waals surface area (Å²) < 4.78 is 13.0. The van der Waals surface area contributed by atoms with Crippen LogP contribution in [0.15, 0.2) is 54.9 Å². The average Bonchev–Trinajstić information content (AvgIpc) is 2.98. The Balaban J connectivity index is 1.67. The van der Waals surface area contributed by atoms with E-state index in [0.717, 1.165) is 22.5 Å². The molecule has 106 valence electrons. The molecule has 3 rings (SSSR count). The summed E-state index contributed by atoms with van der Waals surface area (Å²) in [5, 5.41) is 10.4. The molecule has 0 aliphatic heterocycles. The summed E-state index contributed by atoms with van der Waals surface area (Å²) in [7, 11) is 0. The molecule has 0 atom stereocenters. The Morgan fingerprint density at radius 1 is 1.05 bits per heavy atom. The molecule has 0 aliphatic carbocycles. The summed E-state index contributed by atoms with van der Waals surface area (Å²) in [6.07, 6.45) is 3.56. The van der Waals surface area contributed by atoms with Crippen LogP contribution < -0.4 is 5.32 Å². The van der Waals surface area contributed by atoms with E-state index in [1.807, 2.05) is 18.2 Å². The minimum atomic E-state index is -0.243. The van der Waals surface area contributed by atoms with Gasteiger partial charge in [0.05, 0.1) is 17.6 Å². The molecule has 4 nitrogen and oxygen atoms in total. The Labute approximate surface area is 122 Å². The van der Waals surface area contributed by atoms with E-state index in [2.05, 4.69) is 20.5 Å². The third-order valence-electron chi connectivity index (χ3n) is 3.20. The van der Waals surface area contributed by atoms with Crippen molar-refractivity contribution in [1.29, 1.82) is 0 Å². The molecule has 0 amide bonds. The normalized spacial score (nSPS) is 10.7. The van der Waals surface area contributed by atoms with E-state index in [1.54, 1.807) is 24.5 Å². The van der Waals surface area contributed by atoms with Gasteiger partial charge in [0.15, 0.2) is 0 Å². The second-order valence-corrected chi connectivity index (χ2v) is 4.70. The van der Waals surface area contributed by atoms with Crippen LogP contribution in [0, 0.1) is 5.82 Å². The maximum absolute atomic E-state index is 13.0. The topological polar surface area (TPSA) is 53.6 Å². The number of aromatic amines is 1. The quantitative estimate of drug-likeness (QED) is 0.756. The Morgan fingerprint density at radius 2 is 1.90 bits per heavy atom. The van der Waals surface area contributed by atoms with E-state index in [4.69, 9.17) is 0 Å². The monoisotopic (exact) mass is 282 g/mol. The number of aromatic nitrogens is 3. The molecule has 0 saturated heterocycles. The zero-order chi connectivity index (χ0) is 14.5. The SMILES string of the molecule is Fc1ccc(-c2[nH]ncc2CNCc2ccccn2)cc1. The lowest BCUT2D eigenvalue weighted by atomic mass is 10.1. The first-order chi connectivity index (χ1) is 10.3. The van der Waals surface area contributed by atoms with Crippen LogP contribution in [0.2, 0.25) is 0 Å². The summed E-state index contributed by atoms with van der Waals surface area (Å²) in [5.74, 6) is -0.243. The summed E-state index contributed by atoms with van der Waals surface area (Å²) in [4.78, 5) is 4.26. The van der Waals surface area contributed by atoms with Gasteiger partial charge in [-0.3, -0.25) is 10.1 Å². The predicted molar refractivity (Wildman–Crippen MR) is 78.8 cm³/mol. The van der Waals surface area contributed by atoms with Crippen LogP contribution in [0.3, 0.4) is 0 Å². The molecular weight excluding hydrogens is 267 g/mol. The van der Waals surface area contributed by atoms with Gasteiger partial charge in [-0.2, -0.15) is 5.10 Å². The molecule has 0 spiro atoms. The van der Waals surface area contributed by atoms with Crippen LogP contribution in [-0.2, 0) is 13.1 Å². The van der Waals surface area contributed by atoms with Gasteiger partial charge in [0, 0.05) is 30.4 Å². The van der Waals surface area contributed by atoms with Crippen LogP contribution in [-0.4, -0.2) is 15.2 Å². The number of pyridine rings is 1. The van der Waals surface area contributed by atoms with E-state index in [9.17, 15) is 4.39 Å². The minimum absolute atomic E-state index is 0.243. The zero-order valence-electron chi connectivity index (χ0n) is 11.4. The number of halogens is 1. The van der Waals surface area contributed by atoms with Crippen LogP contribution in [0.1, 0.15) is 11.3 Å². The lowest BCUT2D eigenvalue weighted by molar-refractivity contribution is 0.628. The lowest BCUT2D eigenvalue weighted by Crippen LogP contribution is -2.13. The first-order valence-corrected chi connectivity index (χ1v) is 6.72. The summed E-state index contributed by atoms with van der Waals surface area (Å²) in [5.41, 5.74) is 3.86. The first-order valence-electron chi connectivity index (χ1n) is 6.72. The van der Waals surface area contributed by atoms with Crippen molar-refractivity contribution < 1.29 is 4.39 Å². The van der Waals surface area contributed by atoms with Crippen molar-refractivity contribution in [2.45, 2.75) is 13.1 Å². The number of hydrogen-bond acceptors (Lipinski definition) is 3. The fourth-order valence-electron chi connectivity index (χ4n) is 2.14. The van der Waals surface area contributed by atoms with Crippen molar-refractivity contribution in [3.63, 3.8) is 0 Å². The largest absolute Gasteiger partial charge is 0.307 e. The Bertz CT molecular complexity index is 692. The molecular formula is C16H15FN4. The van der Waals surface area contributed by atoms with Gasteiger partial charge in [0.1, 0.15) is 5.82 Å². The molecule has 0 bridgehead atoms. The van der Waals surface area contributed by atoms with Crippen LogP contribution in [0.25, 0.3) is 11.3 Å². The Morgan fingerprint density at radius 3 is 2.67 bits per heavy atom. The number of rotatable bonds is 5. The van der Waals surface area contributed by atoms with E-state index >= 15 is 0 Å². The molecule has 0 fully saturated rings. The summed E-state index contributed by atoms with van der Waals surface area (Å²) in [6.45, 7) is 1.36. The smallest absolute Gasteiger partial charge is 0.123 e. The number of nitrogens with one attached hydrogen (secondary N) is 2. The minimum Gasteiger partial charge on any atom is -0.307 e. The highest BCUT2D eigenvalue weighted by Crippen LogP contribution is 2.21. The van der Waals surface area contributed by atoms with Crippen molar-refractivity contribution in [1.82, 2.24) is 20.5 Å². The number of nitrogens with zero attached hydrogens (tertiary/aromatic N) is 2. The third-order valence-corrected chi connectivity index (χ3v) is 3.20. The van der Waals surface area contributed by atoms with Crippen LogP contribution in [0.5, 0.6) is 0 Å². The van der Waals surface area contributed by atoms with E-state index in [0.29, 0.717) is 13.1 Å². The van der Waals surface area contributed by atoms with Gasteiger partial charge in [-0.05, 0) is 36.4 Å². The molecule has 0 unspecified atom stereocenters. The molecule has 2 N–H and O–H groups in total. The highest BCUT2D eigenvalue weighted by atomic mass is 19.1. The summed E-state index contributed by atoms with van der Waals surface area (Å²) >= 11 is 0. The molecule has 3 aromatic rings. The molecule has 2 heterocycles. The van der Waals surface area contributed by atoms with Gasteiger partial charge >= 0.3 is 0 Å². The van der Waals surface area contributed by atoms with E-state index in [-0.39, 0.29) is 5.82 Å². The van der Waals surface area contributed by atoms with Crippen molar-refractivity contribution in [2.75, 3.05) is 0 Å².